The summed E-state index contributed by atoms with van der Waals surface area (Å²) in [7, 11) is 0. The zero-order valence-electron chi connectivity index (χ0n) is 15.5. The van der Waals surface area contributed by atoms with Crippen molar-refractivity contribution >= 4 is 38.7 Å². The van der Waals surface area contributed by atoms with Crippen molar-refractivity contribution in [3.05, 3.63) is 60.4 Å². The van der Waals surface area contributed by atoms with Crippen LogP contribution in [-0.2, 0) is 4.79 Å². The van der Waals surface area contributed by atoms with Gasteiger partial charge in [-0.1, -0.05) is 29.5 Å². The number of nitrogens with one attached hydrogen (secondary N) is 1. The molecule has 0 spiro atoms. The van der Waals surface area contributed by atoms with E-state index in [-0.39, 0.29) is 5.91 Å². The fourth-order valence-electron chi connectivity index (χ4n) is 4.30. The van der Waals surface area contributed by atoms with Crippen molar-refractivity contribution in [3.8, 4) is 0 Å². The van der Waals surface area contributed by atoms with Crippen LogP contribution in [0.5, 0.6) is 0 Å². The summed E-state index contributed by atoms with van der Waals surface area (Å²) in [5, 5.41) is 4.16. The minimum absolute atomic E-state index is 0.0363. The van der Waals surface area contributed by atoms with Crippen molar-refractivity contribution in [1.29, 1.82) is 0 Å². The van der Waals surface area contributed by atoms with Gasteiger partial charge in [0.25, 0.3) is 0 Å². The van der Waals surface area contributed by atoms with Gasteiger partial charge in [0.1, 0.15) is 0 Å². The highest BCUT2D eigenvalue weighted by Gasteiger charge is 2.55. The van der Waals surface area contributed by atoms with Crippen molar-refractivity contribution in [1.82, 2.24) is 15.3 Å². The van der Waals surface area contributed by atoms with E-state index in [0.29, 0.717) is 0 Å². The minimum atomic E-state index is -0.0363. The van der Waals surface area contributed by atoms with Gasteiger partial charge in [-0.15, -0.1) is 0 Å². The minimum Gasteiger partial charge on any atom is -0.353 e. The molecule has 28 heavy (non-hydrogen) atoms. The summed E-state index contributed by atoms with van der Waals surface area (Å²) < 4.78 is 1.26. The van der Waals surface area contributed by atoms with Gasteiger partial charge in [0, 0.05) is 38.1 Å². The molecule has 1 unspecified atom stereocenters. The molecule has 142 valence electrons. The van der Waals surface area contributed by atoms with Crippen LogP contribution in [0.3, 0.4) is 0 Å². The quantitative estimate of drug-likeness (QED) is 0.654. The number of rotatable bonds is 6. The topological polar surface area (TPSA) is 58.1 Å². The molecule has 0 radical (unpaired) electrons. The zero-order valence-corrected chi connectivity index (χ0v) is 16.3. The zero-order chi connectivity index (χ0) is 18.9. The SMILES string of the molecule is O=C(/C=C/c1cccnc1)NCCC1[C@H]2CN(c3nc4ccccc4s3)C[C@@H]12. The maximum Gasteiger partial charge on any atom is 0.244 e. The van der Waals surface area contributed by atoms with E-state index in [9.17, 15) is 4.79 Å². The van der Waals surface area contributed by atoms with E-state index in [2.05, 4.69) is 33.4 Å². The summed E-state index contributed by atoms with van der Waals surface area (Å²) in [6, 6.07) is 12.1. The lowest BCUT2D eigenvalue weighted by molar-refractivity contribution is -0.116. The third-order valence-corrected chi connectivity index (χ3v) is 6.91. The first kappa shape index (κ1) is 17.4. The second-order valence-corrected chi connectivity index (χ2v) is 8.57. The Labute approximate surface area is 168 Å². The van der Waals surface area contributed by atoms with E-state index in [0.717, 1.165) is 60.0 Å². The second kappa shape index (κ2) is 7.36. The number of hydrogen-bond donors (Lipinski definition) is 1. The smallest absolute Gasteiger partial charge is 0.244 e. The van der Waals surface area contributed by atoms with Gasteiger partial charge >= 0.3 is 0 Å². The first-order valence-corrected chi connectivity index (χ1v) is 10.6. The monoisotopic (exact) mass is 390 g/mol. The molecule has 3 heterocycles. The van der Waals surface area contributed by atoms with Crippen LogP contribution in [0.25, 0.3) is 16.3 Å². The van der Waals surface area contributed by atoms with Gasteiger partial charge in [-0.05, 0) is 54.0 Å². The number of fused-ring (bicyclic) bond motifs is 2. The normalized spacial score (nSPS) is 23.3. The molecule has 3 atom stereocenters. The van der Waals surface area contributed by atoms with Crippen LogP contribution in [0, 0.1) is 17.8 Å². The number of nitrogens with zero attached hydrogens (tertiary/aromatic N) is 3. The standard InChI is InChI=1S/C22H22N4OS/c27-21(8-7-15-4-3-10-23-12-15)24-11-9-16-17-13-26(14-18(16)17)22-25-19-5-1-2-6-20(19)28-22/h1-8,10,12,16-18H,9,11,13-14H2,(H,24,27)/b8-7+/t16?,17-,18+. The van der Waals surface area contributed by atoms with Crippen LogP contribution in [-0.4, -0.2) is 35.5 Å². The van der Waals surface area contributed by atoms with E-state index >= 15 is 0 Å². The Morgan fingerprint density at radius 3 is 2.86 bits per heavy atom. The van der Waals surface area contributed by atoms with Gasteiger partial charge in [0.2, 0.25) is 5.91 Å². The highest BCUT2D eigenvalue weighted by Crippen LogP contribution is 2.54. The number of carbonyl (C=O) groups excluding carboxylic acids is 1. The molecule has 1 saturated heterocycles. The Morgan fingerprint density at radius 1 is 1.21 bits per heavy atom. The van der Waals surface area contributed by atoms with Gasteiger partial charge < -0.3 is 10.2 Å². The fourth-order valence-corrected chi connectivity index (χ4v) is 5.28. The number of hydrogen-bond acceptors (Lipinski definition) is 5. The van der Waals surface area contributed by atoms with Gasteiger partial charge in [-0.2, -0.15) is 0 Å². The summed E-state index contributed by atoms with van der Waals surface area (Å²) in [5.74, 6) is 2.23. The molecule has 1 aliphatic heterocycles. The number of pyridine rings is 1. The Bertz CT molecular complexity index is 971. The average molecular weight is 391 g/mol. The molecule has 1 saturated carbocycles. The van der Waals surface area contributed by atoms with Crippen molar-refractivity contribution in [2.75, 3.05) is 24.5 Å². The molecule has 6 heteroatoms. The number of benzene rings is 1. The van der Waals surface area contributed by atoms with E-state index in [4.69, 9.17) is 4.98 Å². The lowest BCUT2D eigenvalue weighted by atomic mass is 10.2. The molecule has 5 rings (SSSR count). The van der Waals surface area contributed by atoms with Crippen LogP contribution in [0.1, 0.15) is 12.0 Å². The van der Waals surface area contributed by atoms with Gasteiger partial charge in [0.15, 0.2) is 5.13 Å². The molecule has 2 aromatic heterocycles. The lowest BCUT2D eigenvalue weighted by Gasteiger charge is -2.18. The number of carbonyl (C=O) groups is 1. The van der Waals surface area contributed by atoms with Crippen molar-refractivity contribution < 1.29 is 4.79 Å². The van der Waals surface area contributed by atoms with Crippen LogP contribution < -0.4 is 10.2 Å². The van der Waals surface area contributed by atoms with Crippen molar-refractivity contribution in [3.63, 3.8) is 0 Å². The van der Waals surface area contributed by atoms with E-state index in [1.807, 2.05) is 18.2 Å². The first-order valence-electron chi connectivity index (χ1n) is 9.74. The molecule has 1 aromatic carbocycles. The number of para-hydroxylation sites is 1. The maximum absolute atomic E-state index is 12.0. The van der Waals surface area contributed by atoms with Crippen LogP contribution >= 0.6 is 11.3 Å². The Hall–Kier alpha value is -2.73. The molecule has 0 bridgehead atoms. The number of anilines is 1. The summed E-state index contributed by atoms with van der Waals surface area (Å²) >= 11 is 1.79. The average Bonchev–Trinajstić information content (AvgIpc) is 3.09. The fraction of sp³-hybridized carbons (Fsp3) is 0.318. The summed E-state index contributed by atoms with van der Waals surface area (Å²) in [5.41, 5.74) is 2.03. The lowest BCUT2D eigenvalue weighted by Crippen LogP contribution is -2.26. The van der Waals surface area contributed by atoms with Crippen LogP contribution in [0.15, 0.2) is 54.9 Å². The predicted molar refractivity (Wildman–Crippen MR) is 113 cm³/mol. The number of aromatic nitrogens is 2. The number of thiazole rings is 1. The molecule has 5 nitrogen and oxygen atoms in total. The van der Waals surface area contributed by atoms with Crippen molar-refractivity contribution in [2.24, 2.45) is 17.8 Å². The molecule has 2 fully saturated rings. The van der Waals surface area contributed by atoms with Gasteiger partial charge in [0.05, 0.1) is 10.2 Å². The van der Waals surface area contributed by atoms with E-state index in [1.165, 1.54) is 4.70 Å². The number of piperidine rings is 1. The van der Waals surface area contributed by atoms with Gasteiger partial charge in [-0.3, -0.25) is 9.78 Å². The van der Waals surface area contributed by atoms with E-state index in [1.54, 1.807) is 35.9 Å². The third kappa shape index (κ3) is 3.52. The predicted octanol–water partition coefficient (Wildman–Crippen LogP) is 3.59. The van der Waals surface area contributed by atoms with Crippen LogP contribution in [0.2, 0.25) is 0 Å². The molecule has 1 aliphatic carbocycles. The highest BCUT2D eigenvalue weighted by atomic mass is 32.1. The molecular weight excluding hydrogens is 368 g/mol. The molecule has 1 N–H and O–H groups in total. The molecular formula is C22H22N4OS. The largest absolute Gasteiger partial charge is 0.353 e. The maximum atomic E-state index is 12.0. The summed E-state index contributed by atoms with van der Waals surface area (Å²) in [4.78, 5) is 23.2. The van der Waals surface area contributed by atoms with Crippen molar-refractivity contribution in [2.45, 2.75) is 6.42 Å². The first-order chi connectivity index (χ1) is 13.8. The van der Waals surface area contributed by atoms with Gasteiger partial charge in [-0.25, -0.2) is 4.98 Å². The molecule has 1 amide bonds. The summed E-state index contributed by atoms with van der Waals surface area (Å²) in [6.45, 7) is 2.95. The molecule has 3 aromatic rings. The Kier molecular flexibility index (Phi) is 4.56. The third-order valence-electron chi connectivity index (χ3n) is 5.81. The molecule has 2 aliphatic rings. The van der Waals surface area contributed by atoms with E-state index < -0.39 is 0 Å². The Morgan fingerprint density at radius 2 is 2.07 bits per heavy atom. The Balaban J connectivity index is 1.07. The van der Waals surface area contributed by atoms with Crippen LogP contribution in [0.4, 0.5) is 5.13 Å². The summed E-state index contributed by atoms with van der Waals surface area (Å²) in [6.07, 6.45) is 7.91. The highest BCUT2D eigenvalue weighted by molar-refractivity contribution is 7.22. The second-order valence-electron chi connectivity index (χ2n) is 7.56. The number of amides is 1.